The van der Waals surface area contributed by atoms with E-state index in [1.165, 1.54) is 12.1 Å². The minimum absolute atomic E-state index is 0.102. The van der Waals surface area contributed by atoms with Gasteiger partial charge in [-0.1, -0.05) is 26.0 Å². The molecule has 1 saturated heterocycles. The zero-order chi connectivity index (χ0) is 15.4. The standard InChI is InChI=1S/C17H25FN2O/c1-12-4-3-9-20(16(12)11-19)17(21)13(2)10-14-5-7-15(18)8-6-14/h5-8,12-13,16H,3-4,9-11,19H2,1-2H3/t12-,13+,16+/m0/s1. The molecule has 116 valence electrons. The average molecular weight is 292 g/mol. The second-order valence-corrected chi connectivity index (χ2v) is 6.19. The fourth-order valence-electron chi connectivity index (χ4n) is 3.23. The molecule has 0 spiro atoms. The van der Waals surface area contributed by atoms with Gasteiger partial charge < -0.3 is 10.6 Å². The van der Waals surface area contributed by atoms with Crippen molar-refractivity contribution in [3.05, 3.63) is 35.6 Å². The van der Waals surface area contributed by atoms with Gasteiger partial charge in [-0.25, -0.2) is 4.39 Å². The molecule has 0 aromatic heterocycles. The lowest BCUT2D eigenvalue weighted by Crippen LogP contribution is -2.53. The number of nitrogens with two attached hydrogens (primary N) is 1. The highest BCUT2D eigenvalue weighted by molar-refractivity contribution is 5.79. The van der Waals surface area contributed by atoms with Crippen LogP contribution >= 0.6 is 0 Å². The van der Waals surface area contributed by atoms with E-state index < -0.39 is 0 Å². The summed E-state index contributed by atoms with van der Waals surface area (Å²) in [5.74, 6) is 0.285. The topological polar surface area (TPSA) is 46.3 Å². The zero-order valence-electron chi connectivity index (χ0n) is 12.9. The fraction of sp³-hybridized carbons (Fsp3) is 0.588. The number of halogens is 1. The smallest absolute Gasteiger partial charge is 0.226 e. The van der Waals surface area contributed by atoms with E-state index in [9.17, 15) is 9.18 Å². The van der Waals surface area contributed by atoms with Gasteiger partial charge in [0.1, 0.15) is 5.82 Å². The third kappa shape index (κ3) is 3.82. The summed E-state index contributed by atoms with van der Waals surface area (Å²) >= 11 is 0. The summed E-state index contributed by atoms with van der Waals surface area (Å²) in [6.07, 6.45) is 2.83. The maximum atomic E-state index is 12.9. The van der Waals surface area contributed by atoms with Crippen LogP contribution in [0.15, 0.2) is 24.3 Å². The Hall–Kier alpha value is -1.42. The van der Waals surface area contributed by atoms with Gasteiger partial charge in [-0.2, -0.15) is 0 Å². The first-order valence-corrected chi connectivity index (χ1v) is 7.78. The molecule has 3 nitrogen and oxygen atoms in total. The van der Waals surface area contributed by atoms with Crippen molar-refractivity contribution in [2.75, 3.05) is 13.1 Å². The summed E-state index contributed by atoms with van der Waals surface area (Å²) in [5, 5.41) is 0. The van der Waals surface area contributed by atoms with Crippen molar-refractivity contribution < 1.29 is 9.18 Å². The summed E-state index contributed by atoms with van der Waals surface area (Å²) in [6.45, 7) is 5.44. The van der Waals surface area contributed by atoms with Crippen molar-refractivity contribution >= 4 is 5.91 Å². The molecular formula is C17H25FN2O. The number of carbonyl (C=O) groups excluding carboxylic acids is 1. The van der Waals surface area contributed by atoms with E-state index in [2.05, 4.69) is 6.92 Å². The SMILES string of the molecule is C[C@H](Cc1ccc(F)cc1)C(=O)N1CCC[C@H](C)[C@H]1CN. The van der Waals surface area contributed by atoms with Gasteiger partial charge in [0.2, 0.25) is 5.91 Å². The molecule has 0 radical (unpaired) electrons. The molecule has 1 aromatic rings. The molecule has 4 heteroatoms. The highest BCUT2D eigenvalue weighted by Crippen LogP contribution is 2.25. The Morgan fingerprint density at radius 2 is 2.10 bits per heavy atom. The van der Waals surface area contributed by atoms with E-state index in [1.54, 1.807) is 12.1 Å². The quantitative estimate of drug-likeness (QED) is 0.927. The maximum Gasteiger partial charge on any atom is 0.226 e. The molecule has 3 atom stereocenters. The van der Waals surface area contributed by atoms with Crippen LogP contribution in [0.2, 0.25) is 0 Å². The molecule has 1 fully saturated rings. The molecule has 0 bridgehead atoms. The molecule has 1 heterocycles. The Balaban J connectivity index is 2.02. The monoisotopic (exact) mass is 292 g/mol. The molecule has 2 N–H and O–H groups in total. The number of amides is 1. The van der Waals surface area contributed by atoms with Crippen molar-refractivity contribution in [3.8, 4) is 0 Å². The Morgan fingerprint density at radius 1 is 1.43 bits per heavy atom. The van der Waals surface area contributed by atoms with Gasteiger partial charge in [0.25, 0.3) is 0 Å². The van der Waals surface area contributed by atoms with Gasteiger partial charge in [-0.3, -0.25) is 4.79 Å². The van der Waals surface area contributed by atoms with Crippen molar-refractivity contribution in [3.63, 3.8) is 0 Å². The minimum atomic E-state index is -0.245. The molecule has 0 aliphatic carbocycles. The van der Waals surface area contributed by atoms with E-state index in [0.29, 0.717) is 18.9 Å². The number of hydrogen-bond acceptors (Lipinski definition) is 2. The summed E-state index contributed by atoms with van der Waals surface area (Å²) in [4.78, 5) is 14.6. The lowest BCUT2D eigenvalue weighted by Gasteiger charge is -2.40. The van der Waals surface area contributed by atoms with Gasteiger partial charge in [0.05, 0.1) is 0 Å². The first-order valence-electron chi connectivity index (χ1n) is 7.78. The second kappa shape index (κ2) is 7.03. The number of rotatable bonds is 4. The van der Waals surface area contributed by atoms with Crippen LogP contribution in [0.25, 0.3) is 0 Å². The van der Waals surface area contributed by atoms with Crippen molar-refractivity contribution in [2.45, 2.75) is 39.2 Å². The molecule has 1 aliphatic heterocycles. The van der Waals surface area contributed by atoms with Crippen LogP contribution in [0.4, 0.5) is 4.39 Å². The first-order chi connectivity index (χ1) is 10.0. The molecule has 0 unspecified atom stereocenters. The van der Waals surface area contributed by atoms with Crippen molar-refractivity contribution in [2.24, 2.45) is 17.6 Å². The number of hydrogen-bond donors (Lipinski definition) is 1. The van der Waals surface area contributed by atoms with Gasteiger partial charge in [-0.05, 0) is 42.9 Å². The third-order valence-corrected chi connectivity index (χ3v) is 4.52. The van der Waals surface area contributed by atoms with E-state index in [4.69, 9.17) is 5.73 Å². The molecular weight excluding hydrogens is 267 g/mol. The molecule has 1 aliphatic rings. The van der Waals surface area contributed by atoms with E-state index in [-0.39, 0.29) is 23.7 Å². The van der Waals surface area contributed by atoms with E-state index in [1.807, 2.05) is 11.8 Å². The van der Waals surface area contributed by atoms with Gasteiger partial charge in [0, 0.05) is 25.0 Å². The van der Waals surface area contributed by atoms with Crippen LogP contribution in [0.1, 0.15) is 32.3 Å². The van der Waals surface area contributed by atoms with Crippen LogP contribution in [-0.2, 0) is 11.2 Å². The first kappa shape index (κ1) is 16.0. The molecule has 2 rings (SSSR count). The lowest BCUT2D eigenvalue weighted by molar-refractivity contribution is -0.139. The minimum Gasteiger partial charge on any atom is -0.338 e. The van der Waals surface area contributed by atoms with Crippen molar-refractivity contribution in [1.29, 1.82) is 0 Å². The summed E-state index contributed by atoms with van der Waals surface area (Å²) in [7, 11) is 0. The molecule has 0 saturated carbocycles. The lowest BCUT2D eigenvalue weighted by atomic mass is 9.89. The highest BCUT2D eigenvalue weighted by Gasteiger charge is 2.32. The van der Waals surface area contributed by atoms with Crippen molar-refractivity contribution in [1.82, 2.24) is 4.90 Å². The Kier molecular flexibility index (Phi) is 5.34. The Labute approximate surface area is 126 Å². The van der Waals surface area contributed by atoms with Crippen LogP contribution in [0.5, 0.6) is 0 Å². The molecule has 1 aromatic carbocycles. The van der Waals surface area contributed by atoms with Crippen LogP contribution in [0, 0.1) is 17.7 Å². The highest BCUT2D eigenvalue weighted by atomic mass is 19.1. The van der Waals surface area contributed by atoms with E-state index >= 15 is 0 Å². The normalized spacial score (nSPS) is 23.9. The molecule has 21 heavy (non-hydrogen) atoms. The van der Waals surface area contributed by atoms with Crippen LogP contribution < -0.4 is 5.73 Å². The average Bonchev–Trinajstić information content (AvgIpc) is 2.48. The summed E-state index contributed by atoms with van der Waals surface area (Å²) in [5.41, 5.74) is 6.85. The maximum absolute atomic E-state index is 12.9. The Morgan fingerprint density at radius 3 is 2.71 bits per heavy atom. The number of nitrogens with zero attached hydrogens (tertiary/aromatic N) is 1. The van der Waals surface area contributed by atoms with Gasteiger partial charge in [-0.15, -0.1) is 0 Å². The Bertz CT molecular complexity index is 474. The second-order valence-electron chi connectivity index (χ2n) is 6.19. The third-order valence-electron chi connectivity index (χ3n) is 4.52. The number of carbonyl (C=O) groups is 1. The number of likely N-dealkylation sites (tertiary alicyclic amines) is 1. The van der Waals surface area contributed by atoms with Gasteiger partial charge >= 0.3 is 0 Å². The van der Waals surface area contributed by atoms with Gasteiger partial charge in [0.15, 0.2) is 0 Å². The predicted molar refractivity (Wildman–Crippen MR) is 82.2 cm³/mol. The van der Waals surface area contributed by atoms with Crippen LogP contribution in [0.3, 0.4) is 0 Å². The number of benzene rings is 1. The van der Waals surface area contributed by atoms with Crippen LogP contribution in [-0.4, -0.2) is 29.9 Å². The van der Waals surface area contributed by atoms with E-state index in [0.717, 1.165) is 24.9 Å². The largest absolute Gasteiger partial charge is 0.338 e. The predicted octanol–water partition coefficient (Wildman–Crippen LogP) is 2.59. The zero-order valence-corrected chi connectivity index (χ0v) is 12.9. The fourth-order valence-corrected chi connectivity index (χ4v) is 3.23. The molecule has 1 amide bonds. The summed E-state index contributed by atoms with van der Waals surface area (Å²) < 4.78 is 12.9. The number of piperidine rings is 1. The summed E-state index contributed by atoms with van der Waals surface area (Å²) in [6, 6.07) is 6.54.